The molecule has 2 heterocycles. The molecule has 0 spiro atoms. The van der Waals surface area contributed by atoms with Crippen molar-refractivity contribution in [1.82, 2.24) is 5.32 Å². The minimum Gasteiger partial charge on any atom is -0.486 e. The number of benzene rings is 1. The normalized spacial score (nSPS) is 14.0. The Kier molecular flexibility index (Phi) is 5.91. The van der Waals surface area contributed by atoms with E-state index < -0.39 is 5.97 Å². The van der Waals surface area contributed by atoms with E-state index in [4.69, 9.17) is 14.2 Å². The van der Waals surface area contributed by atoms with E-state index >= 15 is 0 Å². The van der Waals surface area contributed by atoms with E-state index in [2.05, 4.69) is 5.32 Å². The fourth-order valence-corrected chi connectivity index (χ4v) is 3.14. The molecule has 1 N–H and O–H groups in total. The summed E-state index contributed by atoms with van der Waals surface area (Å²) in [5.41, 5.74) is 0.780. The molecule has 0 unspecified atom stereocenters. The van der Waals surface area contributed by atoms with E-state index in [1.54, 1.807) is 29.5 Å². The van der Waals surface area contributed by atoms with Crippen LogP contribution in [0.5, 0.6) is 11.5 Å². The van der Waals surface area contributed by atoms with Crippen LogP contribution in [0.3, 0.4) is 0 Å². The first kappa shape index (κ1) is 18.0. The Bertz CT molecular complexity index is 800. The molecule has 1 amide bonds. The number of fused-ring (bicyclic) bond motifs is 1. The van der Waals surface area contributed by atoms with Crippen molar-refractivity contribution in [2.24, 2.45) is 0 Å². The molecule has 0 saturated heterocycles. The maximum atomic E-state index is 11.8. The quantitative estimate of drug-likeness (QED) is 0.622. The maximum absolute atomic E-state index is 11.8. The lowest BCUT2D eigenvalue weighted by Gasteiger charge is -2.18. The first-order valence-corrected chi connectivity index (χ1v) is 9.07. The molecule has 0 aliphatic carbocycles. The predicted octanol–water partition coefficient (Wildman–Crippen LogP) is 2.95. The second-order valence-corrected chi connectivity index (χ2v) is 6.63. The Morgan fingerprint density at radius 2 is 2.08 bits per heavy atom. The third-order valence-electron chi connectivity index (χ3n) is 3.67. The van der Waals surface area contributed by atoms with Crippen molar-refractivity contribution in [2.75, 3.05) is 19.8 Å². The zero-order valence-electron chi connectivity index (χ0n) is 14.3. The summed E-state index contributed by atoms with van der Waals surface area (Å²) in [6.45, 7) is 2.59. The first-order valence-electron chi connectivity index (χ1n) is 8.19. The number of hydrogen-bond donors (Lipinski definition) is 1. The van der Waals surface area contributed by atoms with Crippen LogP contribution in [0.1, 0.15) is 23.4 Å². The van der Waals surface area contributed by atoms with Crippen LogP contribution >= 0.6 is 11.3 Å². The largest absolute Gasteiger partial charge is 0.486 e. The fraction of sp³-hybridized carbons (Fsp3) is 0.263. The first-order chi connectivity index (χ1) is 12.6. The van der Waals surface area contributed by atoms with Gasteiger partial charge in [0.25, 0.3) is 5.91 Å². The third-order valence-corrected chi connectivity index (χ3v) is 4.73. The number of amides is 1. The predicted molar refractivity (Wildman–Crippen MR) is 98.3 cm³/mol. The molecule has 3 rings (SSSR count). The van der Waals surface area contributed by atoms with E-state index in [0.717, 1.165) is 10.4 Å². The van der Waals surface area contributed by atoms with E-state index in [0.29, 0.717) is 24.7 Å². The highest BCUT2D eigenvalue weighted by Crippen LogP contribution is 2.31. The maximum Gasteiger partial charge on any atom is 0.331 e. The topological polar surface area (TPSA) is 73.9 Å². The molecule has 1 aromatic carbocycles. The van der Waals surface area contributed by atoms with E-state index in [1.807, 2.05) is 30.5 Å². The van der Waals surface area contributed by atoms with E-state index in [-0.39, 0.29) is 18.6 Å². The number of hydrogen-bond acceptors (Lipinski definition) is 6. The zero-order chi connectivity index (χ0) is 18.4. The molecule has 136 valence electrons. The van der Waals surface area contributed by atoms with Crippen molar-refractivity contribution in [3.05, 3.63) is 52.2 Å². The summed E-state index contributed by atoms with van der Waals surface area (Å²) in [7, 11) is 0. The van der Waals surface area contributed by atoms with Gasteiger partial charge in [0, 0.05) is 11.0 Å². The molecule has 1 aromatic heterocycles. The van der Waals surface area contributed by atoms with Crippen LogP contribution in [0.2, 0.25) is 0 Å². The third kappa shape index (κ3) is 4.86. The van der Waals surface area contributed by atoms with Crippen LogP contribution in [0.4, 0.5) is 0 Å². The van der Waals surface area contributed by atoms with Crippen molar-refractivity contribution in [2.45, 2.75) is 13.0 Å². The van der Waals surface area contributed by atoms with Crippen molar-refractivity contribution in [3.63, 3.8) is 0 Å². The van der Waals surface area contributed by atoms with Gasteiger partial charge >= 0.3 is 5.97 Å². The van der Waals surface area contributed by atoms with Gasteiger partial charge in [-0.2, -0.15) is 0 Å². The molecule has 1 atom stereocenters. The van der Waals surface area contributed by atoms with Gasteiger partial charge in [0.05, 0.1) is 6.04 Å². The molecule has 0 bridgehead atoms. The van der Waals surface area contributed by atoms with Gasteiger partial charge in [0.15, 0.2) is 18.1 Å². The Morgan fingerprint density at radius 3 is 2.85 bits per heavy atom. The van der Waals surface area contributed by atoms with Gasteiger partial charge in [-0.25, -0.2) is 4.79 Å². The van der Waals surface area contributed by atoms with Crippen LogP contribution in [0, 0.1) is 0 Å². The number of nitrogens with one attached hydrogen (secondary N) is 1. The van der Waals surface area contributed by atoms with Gasteiger partial charge in [-0.15, -0.1) is 11.3 Å². The Labute approximate surface area is 155 Å². The van der Waals surface area contributed by atoms with Gasteiger partial charge in [-0.3, -0.25) is 4.79 Å². The van der Waals surface area contributed by atoms with Gasteiger partial charge in [-0.1, -0.05) is 12.1 Å². The number of thiophene rings is 1. The van der Waals surface area contributed by atoms with Crippen LogP contribution in [-0.2, 0) is 14.3 Å². The Morgan fingerprint density at radius 1 is 1.27 bits per heavy atom. The van der Waals surface area contributed by atoms with Gasteiger partial charge in [0.1, 0.15) is 13.2 Å². The highest BCUT2D eigenvalue weighted by atomic mass is 32.1. The minimum atomic E-state index is -0.584. The number of carbonyl (C=O) groups is 2. The summed E-state index contributed by atoms with van der Waals surface area (Å²) < 4.78 is 15.9. The number of esters is 1. The number of carbonyl (C=O) groups excluding carboxylic acids is 2. The highest BCUT2D eigenvalue weighted by molar-refractivity contribution is 7.10. The molecule has 26 heavy (non-hydrogen) atoms. The average molecular weight is 373 g/mol. The molecule has 1 aliphatic heterocycles. The molecule has 0 fully saturated rings. The number of rotatable bonds is 6. The van der Waals surface area contributed by atoms with Crippen LogP contribution in [-0.4, -0.2) is 31.7 Å². The average Bonchev–Trinajstić information content (AvgIpc) is 3.19. The lowest BCUT2D eigenvalue weighted by atomic mass is 10.2. The summed E-state index contributed by atoms with van der Waals surface area (Å²) in [6.07, 6.45) is 2.88. The molecular weight excluding hydrogens is 354 g/mol. The lowest BCUT2D eigenvalue weighted by molar-refractivity contribution is -0.144. The van der Waals surface area contributed by atoms with Crippen molar-refractivity contribution < 1.29 is 23.8 Å². The fourth-order valence-electron chi connectivity index (χ4n) is 2.40. The monoisotopic (exact) mass is 373 g/mol. The SMILES string of the molecule is C[C@@H](NC(=O)COC(=O)/C=C/c1ccc2c(c1)OCCO2)c1cccs1. The van der Waals surface area contributed by atoms with E-state index in [9.17, 15) is 9.59 Å². The smallest absolute Gasteiger partial charge is 0.331 e. The van der Waals surface area contributed by atoms with E-state index in [1.165, 1.54) is 6.08 Å². The second-order valence-electron chi connectivity index (χ2n) is 5.65. The standard InChI is InChI=1S/C19H19NO5S/c1-13(17-3-2-10-26-17)20-18(21)12-25-19(22)7-5-14-4-6-15-16(11-14)24-9-8-23-15/h2-7,10-11,13H,8-9,12H2,1H3,(H,20,21)/b7-5+/t13-/m1/s1. The number of ether oxygens (including phenoxy) is 3. The summed E-state index contributed by atoms with van der Waals surface area (Å²) in [4.78, 5) is 24.7. The van der Waals surface area contributed by atoms with Crippen LogP contribution in [0.25, 0.3) is 6.08 Å². The summed E-state index contributed by atoms with van der Waals surface area (Å²) >= 11 is 1.56. The van der Waals surface area contributed by atoms with Gasteiger partial charge in [-0.05, 0) is 42.1 Å². The second kappa shape index (κ2) is 8.53. The lowest BCUT2D eigenvalue weighted by Crippen LogP contribution is -2.30. The summed E-state index contributed by atoms with van der Waals surface area (Å²) in [6, 6.07) is 9.14. The van der Waals surface area contributed by atoms with Gasteiger partial charge < -0.3 is 19.5 Å². The van der Waals surface area contributed by atoms with Crippen LogP contribution < -0.4 is 14.8 Å². The van der Waals surface area contributed by atoms with Crippen molar-refractivity contribution in [1.29, 1.82) is 0 Å². The molecule has 2 aromatic rings. The van der Waals surface area contributed by atoms with Crippen molar-refractivity contribution in [3.8, 4) is 11.5 Å². The minimum absolute atomic E-state index is 0.116. The molecule has 6 nitrogen and oxygen atoms in total. The Hall–Kier alpha value is -2.80. The summed E-state index contributed by atoms with van der Waals surface area (Å²) in [5, 5.41) is 4.73. The Balaban J connectivity index is 1.46. The van der Waals surface area contributed by atoms with Crippen molar-refractivity contribution >= 4 is 29.3 Å². The molecule has 0 saturated carbocycles. The highest BCUT2D eigenvalue weighted by Gasteiger charge is 2.12. The zero-order valence-corrected chi connectivity index (χ0v) is 15.1. The molecule has 1 aliphatic rings. The molecular formula is C19H19NO5S. The van der Waals surface area contributed by atoms with Gasteiger partial charge in [0.2, 0.25) is 0 Å². The molecule has 0 radical (unpaired) electrons. The van der Waals surface area contributed by atoms with Crippen LogP contribution in [0.15, 0.2) is 41.8 Å². The molecule has 7 heteroatoms. The summed E-state index contributed by atoms with van der Waals surface area (Å²) in [5.74, 6) is 0.409.